The summed E-state index contributed by atoms with van der Waals surface area (Å²) in [5, 5.41) is 9.41. The maximum absolute atomic E-state index is 11.5. The smallest absolute Gasteiger partial charge is 0.275 e. The molecule has 1 aromatic heterocycles. The fourth-order valence-corrected chi connectivity index (χ4v) is 1.51. The number of hydrogen-bond acceptors (Lipinski definition) is 5. The van der Waals surface area contributed by atoms with Gasteiger partial charge in [-0.15, -0.1) is 0 Å². The van der Waals surface area contributed by atoms with Crippen molar-refractivity contribution in [3.05, 3.63) is 11.9 Å². The van der Waals surface area contributed by atoms with Gasteiger partial charge in [-0.05, 0) is 0 Å². The van der Waals surface area contributed by atoms with Crippen molar-refractivity contribution in [1.29, 1.82) is 0 Å². The van der Waals surface area contributed by atoms with Gasteiger partial charge in [0.1, 0.15) is 9.84 Å². The number of carbonyl (C=O) groups is 1. The number of aromatic amines is 1. The predicted octanol–water partition coefficient (Wildman–Crippen LogP) is -1.08. The van der Waals surface area contributed by atoms with Gasteiger partial charge in [0.15, 0.2) is 5.69 Å². The number of hydrogen-bond donors (Lipinski definition) is 1. The topological polar surface area (TPSA) is 96.0 Å². The third-order valence-corrected chi connectivity index (χ3v) is 2.70. The van der Waals surface area contributed by atoms with Crippen LogP contribution in [0.1, 0.15) is 10.5 Å². The first-order chi connectivity index (χ1) is 6.90. The first-order valence-corrected chi connectivity index (χ1v) is 6.25. The Kier molecular flexibility index (Phi) is 3.40. The molecule has 0 bridgehead atoms. The van der Waals surface area contributed by atoms with E-state index in [-0.39, 0.29) is 23.9 Å². The van der Waals surface area contributed by atoms with E-state index in [9.17, 15) is 13.2 Å². The van der Waals surface area contributed by atoms with Crippen molar-refractivity contribution in [2.75, 3.05) is 25.6 Å². The van der Waals surface area contributed by atoms with Crippen LogP contribution in [0, 0.1) is 0 Å². The molecule has 0 saturated heterocycles. The van der Waals surface area contributed by atoms with Crippen molar-refractivity contribution in [1.82, 2.24) is 20.3 Å². The predicted molar refractivity (Wildman–Crippen MR) is 53.1 cm³/mol. The van der Waals surface area contributed by atoms with Crippen LogP contribution in [0.25, 0.3) is 0 Å². The second-order valence-corrected chi connectivity index (χ2v) is 5.47. The fraction of sp³-hybridized carbons (Fsp3) is 0.571. The summed E-state index contributed by atoms with van der Waals surface area (Å²) >= 11 is 0. The first-order valence-electron chi connectivity index (χ1n) is 4.19. The second-order valence-electron chi connectivity index (χ2n) is 3.21. The molecule has 1 aromatic rings. The van der Waals surface area contributed by atoms with Crippen molar-refractivity contribution < 1.29 is 13.2 Å². The normalized spacial score (nSPS) is 11.3. The quantitative estimate of drug-likeness (QED) is 0.712. The number of amides is 1. The highest BCUT2D eigenvalue weighted by Crippen LogP contribution is 1.97. The van der Waals surface area contributed by atoms with Crippen LogP contribution in [0.4, 0.5) is 0 Å². The molecule has 1 N–H and O–H groups in total. The van der Waals surface area contributed by atoms with E-state index in [1.54, 1.807) is 0 Å². The summed E-state index contributed by atoms with van der Waals surface area (Å²) in [6.07, 6.45) is 2.42. The summed E-state index contributed by atoms with van der Waals surface area (Å²) in [7, 11) is -1.54. The van der Waals surface area contributed by atoms with E-state index in [4.69, 9.17) is 0 Å². The van der Waals surface area contributed by atoms with E-state index in [2.05, 4.69) is 15.4 Å². The number of sulfone groups is 1. The van der Waals surface area contributed by atoms with Crippen LogP contribution >= 0.6 is 0 Å². The Morgan fingerprint density at radius 3 is 2.73 bits per heavy atom. The molecule has 0 radical (unpaired) electrons. The van der Waals surface area contributed by atoms with Gasteiger partial charge in [-0.25, -0.2) is 8.42 Å². The molecule has 0 unspecified atom stereocenters. The molecule has 0 fully saturated rings. The zero-order valence-electron chi connectivity index (χ0n) is 8.47. The van der Waals surface area contributed by atoms with Crippen molar-refractivity contribution >= 4 is 15.7 Å². The second kappa shape index (κ2) is 4.39. The summed E-state index contributed by atoms with van der Waals surface area (Å²) in [5.41, 5.74) is 0.172. The molecule has 0 atom stereocenters. The van der Waals surface area contributed by atoms with Gasteiger partial charge in [0, 0.05) is 19.8 Å². The molecule has 0 aliphatic rings. The average molecular weight is 232 g/mol. The Hall–Kier alpha value is -1.44. The minimum absolute atomic E-state index is 0.0624. The Bertz CT molecular complexity index is 425. The van der Waals surface area contributed by atoms with E-state index in [0.29, 0.717) is 0 Å². The van der Waals surface area contributed by atoms with Crippen LogP contribution in [0.15, 0.2) is 6.20 Å². The van der Waals surface area contributed by atoms with Crippen LogP contribution in [-0.4, -0.2) is 60.2 Å². The maximum atomic E-state index is 11.5. The molecular weight excluding hydrogens is 220 g/mol. The van der Waals surface area contributed by atoms with Gasteiger partial charge in [0.25, 0.3) is 5.91 Å². The van der Waals surface area contributed by atoms with Gasteiger partial charge in [-0.2, -0.15) is 15.4 Å². The van der Waals surface area contributed by atoms with Crippen molar-refractivity contribution in [3.63, 3.8) is 0 Å². The van der Waals surface area contributed by atoms with E-state index in [1.165, 1.54) is 18.1 Å². The number of nitrogens with zero attached hydrogens (tertiary/aromatic N) is 3. The molecule has 8 heteroatoms. The van der Waals surface area contributed by atoms with E-state index in [1.807, 2.05) is 0 Å². The number of rotatable bonds is 4. The summed E-state index contributed by atoms with van der Waals surface area (Å²) in [6.45, 7) is 0.143. The van der Waals surface area contributed by atoms with E-state index in [0.717, 1.165) is 6.26 Å². The SMILES string of the molecule is CN(CCS(C)(=O)=O)C(=O)c1cn[nH]n1. The Morgan fingerprint density at radius 2 is 2.27 bits per heavy atom. The minimum atomic E-state index is -3.06. The zero-order valence-corrected chi connectivity index (χ0v) is 9.28. The lowest BCUT2D eigenvalue weighted by Crippen LogP contribution is -2.31. The monoisotopic (exact) mass is 232 g/mol. The minimum Gasteiger partial charge on any atom is -0.339 e. The highest BCUT2D eigenvalue weighted by atomic mass is 32.2. The molecule has 0 saturated carbocycles. The van der Waals surface area contributed by atoms with Gasteiger partial charge in [0.05, 0.1) is 11.9 Å². The van der Waals surface area contributed by atoms with Gasteiger partial charge >= 0.3 is 0 Å². The van der Waals surface area contributed by atoms with Crippen LogP contribution in [-0.2, 0) is 9.84 Å². The lowest BCUT2D eigenvalue weighted by Gasteiger charge is -2.14. The number of nitrogens with one attached hydrogen (secondary N) is 1. The lowest BCUT2D eigenvalue weighted by molar-refractivity contribution is 0.0797. The molecule has 1 amide bonds. The Balaban J connectivity index is 2.55. The summed E-state index contributed by atoms with van der Waals surface area (Å²) in [4.78, 5) is 12.8. The molecule has 15 heavy (non-hydrogen) atoms. The van der Waals surface area contributed by atoms with Crippen LogP contribution in [0.5, 0.6) is 0 Å². The highest BCUT2D eigenvalue weighted by Gasteiger charge is 2.15. The summed E-state index contributed by atoms with van der Waals surface area (Å²) in [5.74, 6) is -0.417. The Labute approximate surface area is 87.4 Å². The van der Waals surface area contributed by atoms with Crippen molar-refractivity contribution in [3.8, 4) is 0 Å². The molecule has 0 aromatic carbocycles. The maximum Gasteiger partial charge on any atom is 0.275 e. The standard InChI is InChI=1S/C7H12N4O3S/c1-11(3-4-15(2,13)14)7(12)6-5-8-10-9-6/h5H,3-4H2,1-2H3,(H,8,9,10). The van der Waals surface area contributed by atoms with E-state index >= 15 is 0 Å². The molecule has 1 rings (SSSR count). The summed E-state index contributed by atoms with van der Waals surface area (Å²) < 4.78 is 21.7. The number of carbonyl (C=O) groups excluding carboxylic acids is 1. The Morgan fingerprint density at radius 1 is 1.60 bits per heavy atom. The molecule has 7 nitrogen and oxygen atoms in total. The molecule has 0 aliphatic heterocycles. The highest BCUT2D eigenvalue weighted by molar-refractivity contribution is 7.90. The molecule has 0 aliphatic carbocycles. The van der Waals surface area contributed by atoms with Crippen LogP contribution in [0.3, 0.4) is 0 Å². The summed E-state index contributed by atoms with van der Waals surface area (Å²) in [6, 6.07) is 0. The third kappa shape index (κ3) is 3.66. The van der Waals surface area contributed by atoms with Crippen LogP contribution in [0.2, 0.25) is 0 Å². The zero-order chi connectivity index (χ0) is 11.5. The van der Waals surface area contributed by atoms with Gasteiger partial charge in [-0.3, -0.25) is 4.79 Å². The third-order valence-electron chi connectivity index (χ3n) is 1.78. The molecule has 0 spiro atoms. The van der Waals surface area contributed by atoms with Gasteiger partial charge < -0.3 is 4.90 Å². The first kappa shape index (κ1) is 11.6. The molecule has 1 heterocycles. The molecular formula is C7H12N4O3S. The average Bonchev–Trinajstić information content (AvgIpc) is 2.64. The van der Waals surface area contributed by atoms with Crippen molar-refractivity contribution in [2.24, 2.45) is 0 Å². The van der Waals surface area contributed by atoms with Crippen molar-refractivity contribution in [2.45, 2.75) is 0 Å². The molecule has 84 valence electrons. The fourth-order valence-electron chi connectivity index (χ4n) is 0.905. The largest absolute Gasteiger partial charge is 0.339 e. The number of H-pyrrole nitrogens is 1. The van der Waals surface area contributed by atoms with Gasteiger partial charge in [-0.1, -0.05) is 0 Å². The van der Waals surface area contributed by atoms with E-state index < -0.39 is 9.84 Å². The van der Waals surface area contributed by atoms with Crippen LogP contribution < -0.4 is 0 Å². The number of aromatic nitrogens is 3. The van der Waals surface area contributed by atoms with Gasteiger partial charge in [0.2, 0.25) is 0 Å². The lowest BCUT2D eigenvalue weighted by atomic mass is 10.4.